The molecule has 1 aromatic rings. The Morgan fingerprint density at radius 2 is 2.26 bits per heavy atom. The predicted molar refractivity (Wildman–Crippen MR) is 76.8 cm³/mol. The van der Waals surface area contributed by atoms with Crippen LogP contribution in [0.15, 0.2) is 18.3 Å². The van der Waals surface area contributed by atoms with Crippen LogP contribution in [0.1, 0.15) is 39.3 Å². The molecule has 0 spiro atoms. The lowest BCUT2D eigenvalue weighted by atomic mass is 10.2. The van der Waals surface area contributed by atoms with Gasteiger partial charge in [0.15, 0.2) is 0 Å². The predicted octanol–water partition coefficient (Wildman–Crippen LogP) is 2.58. The Balaban J connectivity index is 2.37. The highest BCUT2D eigenvalue weighted by molar-refractivity contribution is 5.69. The molecule has 0 fully saturated rings. The molecule has 0 atom stereocenters. The maximum Gasteiger partial charge on any atom is 0.325 e. The molecule has 4 nitrogen and oxygen atoms in total. The quantitative estimate of drug-likeness (QED) is 0.552. The summed E-state index contributed by atoms with van der Waals surface area (Å²) in [5, 5.41) is 3.38. The number of unbranched alkanes of at least 4 members (excludes halogenated alkanes) is 1. The van der Waals surface area contributed by atoms with Gasteiger partial charge in [-0.25, -0.2) is 0 Å². The van der Waals surface area contributed by atoms with Crippen molar-refractivity contribution in [3.05, 3.63) is 24.0 Å². The summed E-state index contributed by atoms with van der Waals surface area (Å²) in [5.74, 6) is 0.470. The lowest BCUT2D eigenvalue weighted by Gasteiger charge is -2.11. The van der Waals surface area contributed by atoms with Crippen molar-refractivity contribution in [1.82, 2.24) is 9.88 Å². The first kappa shape index (κ1) is 15.8. The highest BCUT2D eigenvalue weighted by Gasteiger charge is 2.07. The van der Waals surface area contributed by atoms with Crippen LogP contribution in [0.25, 0.3) is 0 Å². The van der Waals surface area contributed by atoms with Gasteiger partial charge in [-0.2, -0.15) is 0 Å². The molecule has 0 unspecified atom stereocenters. The van der Waals surface area contributed by atoms with E-state index in [-0.39, 0.29) is 5.97 Å². The van der Waals surface area contributed by atoms with E-state index in [1.54, 1.807) is 0 Å². The van der Waals surface area contributed by atoms with Crippen molar-refractivity contribution < 1.29 is 9.53 Å². The Hall–Kier alpha value is -1.29. The average Bonchev–Trinajstić information content (AvgIpc) is 2.76. The number of carbonyl (C=O) groups excluding carboxylic acids is 1. The minimum absolute atomic E-state index is 0.158. The van der Waals surface area contributed by atoms with E-state index >= 15 is 0 Å². The van der Waals surface area contributed by atoms with Crippen molar-refractivity contribution in [3.63, 3.8) is 0 Å². The van der Waals surface area contributed by atoms with Gasteiger partial charge in [0.1, 0.15) is 6.54 Å². The third-order valence-corrected chi connectivity index (χ3v) is 2.84. The number of nitrogens with zero attached hydrogens (tertiary/aromatic N) is 1. The molecule has 0 saturated carbocycles. The van der Waals surface area contributed by atoms with Crippen molar-refractivity contribution >= 4 is 5.97 Å². The number of esters is 1. The molecule has 0 bridgehead atoms. The van der Waals surface area contributed by atoms with E-state index in [0.29, 0.717) is 19.1 Å². The Morgan fingerprint density at radius 1 is 1.47 bits per heavy atom. The van der Waals surface area contributed by atoms with E-state index < -0.39 is 0 Å². The largest absolute Gasteiger partial charge is 0.464 e. The van der Waals surface area contributed by atoms with Gasteiger partial charge in [0.25, 0.3) is 0 Å². The molecule has 4 heteroatoms. The minimum atomic E-state index is -0.158. The zero-order valence-corrected chi connectivity index (χ0v) is 12.3. The average molecular weight is 266 g/mol. The molecule has 0 aliphatic rings. The summed E-state index contributed by atoms with van der Waals surface area (Å²) in [6.45, 7) is 9.03. The van der Waals surface area contributed by atoms with E-state index in [1.807, 2.05) is 22.9 Å². The van der Waals surface area contributed by atoms with Gasteiger partial charge in [-0.1, -0.05) is 27.2 Å². The molecule has 1 N–H and O–H groups in total. The molecule has 108 valence electrons. The van der Waals surface area contributed by atoms with Crippen molar-refractivity contribution in [2.45, 2.75) is 46.7 Å². The number of hydrogen-bond donors (Lipinski definition) is 1. The molecule has 19 heavy (non-hydrogen) atoms. The molecular weight excluding hydrogens is 240 g/mol. The van der Waals surface area contributed by atoms with Gasteiger partial charge in [-0.15, -0.1) is 0 Å². The smallest absolute Gasteiger partial charge is 0.325 e. The Bertz CT molecular complexity index is 372. The Labute approximate surface area is 116 Å². The third-order valence-electron chi connectivity index (χ3n) is 2.84. The first-order chi connectivity index (χ1) is 9.13. The molecule has 0 radical (unpaired) electrons. The number of aromatic nitrogens is 1. The second kappa shape index (κ2) is 8.75. The summed E-state index contributed by atoms with van der Waals surface area (Å²) in [5.41, 5.74) is 1.12. The van der Waals surface area contributed by atoms with Crippen LogP contribution in [0.3, 0.4) is 0 Å². The van der Waals surface area contributed by atoms with E-state index in [4.69, 9.17) is 4.74 Å². The highest BCUT2D eigenvalue weighted by Crippen LogP contribution is 2.03. The molecular formula is C15H26N2O2. The lowest BCUT2D eigenvalue weighted by molar-refractivity contribution is -0.144. The van der Waals surface area contributed by atoms with E-state index in [1.165, 1.54) is 0 Å². The fraction of sp³-hybridized carbons (Fsp3) is 0.667. The zero-order chi connectivity index (χ0) is 14.1. The van der Waals surface area contributed by atoms with Crippen LogP contribution in [0.4, 0.5) is 0 Å². The van der Waals surface area contributed by atoms with Crippen LogP contribution < -0.4 is 5.32 Å². The SMILES string of the molecule is CCCCOC(=O)Cn1cccc1CNCC(C)C. The van der Waals surface area contributed by atoms with Crippen molar-refractivity contribution in [3.8, 4) is 0 Å². The summed E-state index contributed by atoms with van der Waals surface area (Å²) in [7, 11) is 0. The van der Waals surface area contributed by atoms with Crippen LogP contribution in [-0.4, -0.2) is 23.7 Å². The van der Waals surface area contributed by atoms with Crippen LogP contribution in [0, 0.1) is 5.92 Å². The molecule has 0 aliphatic heterocycles. The number of nitrogens with one attached hydrogen (secondary N) is 1. The molecule has 0 amide bonds. The van der Waals surface area contributed by atoms with Crippen LogP contribution in [-0.2, 0) is 22.6 Å². The summed E-state index contributed by atoms with van der Waals surface area (Å²) in [6, 6.07) is 4.00. The van der Waals surface area contributed by atoms with Crippen molar-refractivity contribution in [2.75, 3.05) is 13.2 Å². The van der Waals surface area contributed by atoms with Gasteiger partial charge in [0, 0.05) is 18.4 Å². The molecule has 1 aromatic heterocycles. The third kappa shape index (κ3) is 6.43. The van der Waals surface area contributed by atoms with Crippen molar-refractivity contribution in [1.29, 1.82) is 0 Å². The van der Waals surface area contributed by atoms with Gasteiger partial charge in [0.2, 0.25) is 0 Å². The topological polar surface area (TPSA) is 43.3 Å². The van der Waals surface area contributed by atoms with Crippen molar-refractivity contribution in [2.24, 2.45) is 5.92 Å². The fourth-order valence-corrected chi connectivity index (χ4v) is 1.77. The first-order valence-electron chi connectivity index (χ1n) is 7.13. The van der Waals surface area contributed by atoms with E-state index in [0.717, 1.165) is 31.6 Å². The summed E-state index contributed by atoms with van der Waals surface area (Å²) in [4.78, 5) is 11.7. The highest BCUT2D eigenvalue weighted by atomic mass is 16.5. The normalized spacial score (nSPS) is 10.9. The Kier molecular flexibility index (Phi) is 7.26. The molecule has 1 heterocycles. The zero-order valence-electron chi connectivity index (χ0n) is 12.3. The number of rotatable bonds is 9. The monoisotopic (exact) mass is 266 g/mol. The van der Waals surface area contributed by atoms with Crippen LogP contribution in [0.2, 0.25) is 0 Å². The number of ether oxygens (including phenoxy) is 1. The lowest BCUT2D eigenvalue weighted by Crippen LogP contribution is -2.22. The summed E-state index contributed by atoms with van der Waals surface area (Å²) >= 11 is 0. The molecule has 0 aromatic carbocycles. The molecule has 1 rings (SSSR count). The molecule has 0 saturated heterocycles. The molecule has 0 aliphatic carbocycles. The van der Waals surface area contributed by atoms with Gasteiger partial charge in [-0.05, 0) is 31.0 Å². The Morgan fingerprint density at radius 3 is 2.95 bits per heavy atom. The van der Waals surface area contributed by atoms with Gasteiger partial charge in [0.05, 0.1) is 6.61 Å². The number of hydrogen-bond acceptors (Lipinski definition) is 3. The van der Waals surface area contributed by atoms with Gasteiger partial charge >= 0.3 is 5.97 Å². The maximum atomic E-state index is 11.7. The summed E-state index contributed by atoms with van der Waals surface area (Å²) < 4.78 is 7.12. The van der Waals surface area contributed by atoms with E-state index in [2.05, 4.69) is 26.1 Å². The van der Waals surface area contributed by atoms with Gasteiger partial charge < -0.3 is 14.6 Å². The maximum absolute atomic E-state index is 11.7. The second-order valence-corrected chi connectivity index (χ2v) is 5.23. The minimum Gasteiger partial charge on any atom is -0.464 e. The summed E-state index contributed by atoms with van der Waals surface area (Å²) in [6.07, 6.45) is 3.90. The fourth-order valence-electron chi connectivity index (χ4n) is 1.77. The standard InChI is InChI=1S/C15H26N2O2/c1-4-5-9-19-15(18)12-17-8-6-7-14(17)11-16-10-13(2)3/h6-8,13,16H,4-5,9-12H2,1-3H3. The first-order valence-corrected chi connectivity index (χ1v) is 7.13. The van der Waals surface area contributed by atoms with Crippen LogP contribution >= 0.6 is 0 Å². The number of carbonyl (C=O) groups is 1. The van der Waals surface area contributed by atoms with Crippen LogP contribution in [0.5, 0.6) is 0 Å². The van der Waals surface area contributed by atoms with E-state index in [9.17, 15) is 4.79 Å². The second-order valence-electron chi connectivity index (χ2n) is 5.23. The van der Waals surface area contributed by atoms with Gasteiger partial charge in [-0.3, -0.25) is 4.79 Å².